The molecule has 4 fully saturated rings. The van der Waals surface area contributed by atoms with Gasteiger partial charge in [-0.15, -0.1) is 17.8 Å². The lowest BCUT2D eigenvalue weighted by molar-refractivity contribution is -0.144. The van der Waals surface area contributed by atoms with Crippen molar-refractivity contribution >= 4 is 56.6 Å². The van der Waals surface area contributed by atoms with Crippen LogP contribution >= 0.6 is 11.3 Å². The molecule has 4 saturated heterocycles. The summed E-state index contributed by atoms with van der Waals surface area (Å²) in [6, 6.07) is 11.9. The number of β-amino-alcohol motifs (C(OH)–C–C–N with tert-alkyl or cyclic N) is 1. The zero-order valence-electron chi connectivity index (χ0n) is 42.5. The van der Waals surface area contributed by atoms with E-state index in [9.17, 15) is 24.6 Å². The fourth-order valence-corrected chi connectivity index (χ4v) is 12.1. The Morgan fingerprint density at radius 3 is 2.52 bits per heavy atom. The maximum atomic E-state index is 17.2. The minimum Gasteiger partial charge on any atom is -0.508 e. The molecule has 75 heavy (non-hydrogen) atoms. The number of aliphatic hydroxyl groups excluding tert-OH is 1. The lowest BCUT2D eigenvalue weighted by atomic mass is 9.85. The van der Waals surface area contributed by atoms with Crippen LogP contribution in [0.15, 0.2) is 60.2 Å². The molecular weight excluding hydrogens is 979 g/mol. The molecule has 2 unspecified atom stereocenters. The first kappa shape index (κ1) is 51.6. The number of hydrogen-bond donors (Lipinski definition) is 5. The number of pyridine rings is 1. The average Bonchev–Trinajstić information content (AvgIpc) is 4.21. The largest absolute Gasteiger partial charge is 0.508 e. The van der Waals surface area contributed by atoms with Crippen LogP contribution in [-0.2, 0) is 20.9 Å². The van der Waals surface area contributed by atoms with Crippen LogP contribution in [0.4, 0.5) is 14.6 Å². The van der Waals surface area contributed by atoms with Crippen molar-refractivity contribution in [2.24, 2.45) is 5.41 Å². The number of nitrogens with zero attached hydrogens (tertiary/aromatic N) is 7. The Balaban J connectivity index is 0.793. The molecule has 0 radical (unpaired) electrons. The van der Waals surface area contributed by atoms with Crippen LogP contribution < -0.4 is 25.6 Å². The van der Waals surface area contributed by atoms with Crippen LogP contribution in [0, 0.1) is 36.3 Å². The number of amides is 3. The maximum Gasteiger partial charge on any atom is 0.319 e. The summed E-state index contributed by atoms with van der Waals surface area (Å²) in [6.45, 7) is 10.6. The van der Waals surface area contributed by atoms with Crippen molar-refractivity contribution in [1.29, 1.82) is 0 Å². The van der Waals surface area contributed by atoms with E-state index in [-0.39, 0.29) is 102 Å². The number of anilines is 1. The summed E-state index contributed by atoms with van der Waals surface area (Å²) < 4.78 is 38.6. The number of hydrogen-bond acceptors (Lipinski definition) is 14. The molecule has 10 rings (SSSR count). The second-order valence-corrected chi connectivity index (χ2v) is 22.3. The van der Waals surface area contributed by atoms with Gasteiger partial charge in [0.1, 0.15) is 47.3 Å². The van der Waals surface area contributed by atoms with Gasteiger partial charge >= 0.3 is 6.01 Å². The molecule has 6 aromatic rings. The number of piperazine rings is 1. The number of benzene rings is 3. The van der Waals surface area contributed by atoms with Gasteiger partial charge < -0.3 is 40.7 Å². The number of terminal acetylenes is 1. The number of phenols is 1. The van der Waals surface area contributed by atoms with Gasteiger partial charge in [-0.05, 0) is 92.2 Å². The fraction of sp³-hybridized carbons (Fsp3) is 0.446. The molecule has 3 aromatic carbocycles. The van der Waals surface area contributed by atoms with Crippen LogP contribution in [0.25, 0.3) is 43.4 Å². The number of likely N-dealkylation sites (tertiary alicyclic amines) is 2. The Kier molecular flexibility index (Phi) is 14.7. The number of halogens is 2. The van der Waals surface area contributed by atoms with E-state index in [1.807, 2.05) is 57.5 Å². The van der Waals surface area contributed by atoms with Gasteiger partial charge in [-0.1, -0.05) is 57.0 Å². The van der Waals surface area contributed by atoms with E-state index in [0.717, 1.165) is 53.9 Å². The number of thiazole rings is 1. The molecule has 3 aromatic heterocycles. The van der Waals surface area contributed by atoms with E-state index in [1.54, 1.807) is 11.3 Å². The number of aromatic nitrogens is 4. The third-order valence-electron chi connectivity index (χ3n) is 15.1. The molecular formula is C56H62F2N10O6S. The van der Waals surface area contributed by atoms with E-state index in [1.165, 1.54) is 35.4 Å². The Morgan fingerprint density at radius 2 is 1.80 bits per heavy atom. The van der Waals surface area contributed by atoms with Crippen molar-refractivity contribution in [2.75, 3.05) is 44.2 Å². The number of carbonyl (C=O) groups is 3. The van der Waals surface area contributed by atoms with Crippen LogP contribution in [0.3, 0.4) is 0 Å². The van der Waals surface area contributed by atoms with E-state index in [4.69, 9.17) is 16.1 Å². The number of carbonyl (C=O) groups excluding carboxylic acids is 3. The van der Waals surface area contributed by atoms with Gasteiger partial charge in [0.2, 0.25) is 17.7 Å². The number of aryl methyl sites for hydroxylation is 1. The molecule has 0 saturated carbocycles. The monoisotopic (exact) mass is 1040 g/mol. The van der Waals surface area contributed by atoms with Crippen LogP contribution in [-0.4, -0.2) is 133 Å². The maximum absolute atomic E-state index is 17.2. The summed E-state index contributed by atoms with van der Waals surface area (Å²) in [5.41, 5.74) is 3.82. The van der Waals surface area contributed by atoms with Crippen molar-refractivity contribution in [1.82, 2.24) is 45.7 Å². The standard InChI is InChI=1S/C56H62F2N10O6S/c1-6-40-43(57)18-15-34-21-38(69)22-41(46(34)40)48-47(58)49-42(25-59-48)52(67-26-35-16-17-36(27-67)62-35)65-55(64-49)74-29-37-9-7-19-66(37)20-8-10-45(71)63-51(56(3,4)5)54(73)68-28-39(70)23-44(68)53(72)60-24-32-11-13-33(14-12-32)50-31(2)61-30-75-50/h1,11-15,18,21-22,25,30,35-37,39,44,51,62,69-70H,7-10,16-17,19-20,23-24,26-29H2,2-5H3,(H,60,72)(H,63,71)/t35?,36?,37-,39-,44+,51-/m0/s1. The number of rotatable bonds is 15. The average molecular weight is 1040 g/mol. The summed E-state index contributed by atoms with van der Waals surface area (Å²) >= 11 is 1.57. The summed E-state index contributed by atoms with van der Waals surface area (Å²) in [7, 11) is 0. The topological polar surface area (TPSA) is 198 Å². The third-order valence-corrected chi connectivity index (χ3v) is 16.1. The highest BCUT2D eigenvalue weighted by atomic mass is 32.1. The van der Waals surface area contributed by atoms with Crippen LogP contribution in [0.5, 0.6) is 11.8 Å². The minimum absolute atomic E-state index is 0.0159. The van der Waals surface area contributed by atoms with E-state index >= 15 is 8.78 Å². The highest BCUT2D eigenvalue weighted by Crippen LogP contribution is 2.40. The molecule has 392 valence electrons. The van der Waals surface area contributed by atoms with Gasteiger partial charge in [0.05, 0.1) is 33.1 Å². The highest BCUT2D eigenvalue weighted by Gasteiger charge is 2.44. The second kappa shape index (κ2) is 21.4. The van der Waals surface area contributed by atoms with Gasteiger partial charge in [-0.2, -0.15) is 9.97 Å². The van der Waals surface area contributed by atoms with Gasteiger partial charge in [0.25, 0.3) is 0 Å². The number of fused-ring (bicyclic) bond motifs is 4. The minimum atomic E-state index is -0.955. The second-order valence-electron chi connectivity index (χ2n) is 21.4. The first-order valence-electron chi connectivity index (χ1n) is 25.7. The smallest absolute Gasteiger partial charge is 0.319 e. The lowest BCUT2D eigenvalue weighted by Crippen LogP contribution is -2.57. The van der Waals surface area contributed by atoms with Gasteiger partial charge in [0, 0.05) is 74.3 Å². The molecule has 0 aliphatic carbocycles. The van der Waals surface area contributed by atoms with Gasteiger partial charge in [0.15, 0.2) is 5.82 Å². The van der Waals surface area contributed by atoms with Crippen molar-refractivity contribution in [3.05, 3.63) is 88.7 Å². The zero-order chi connectivity index (χ0) is 52.7. The molecule has 3 amide bonds. The molecule has 4 aliphatic rings. The predicted molar refractivity (Wildman–Crippen MR) is 283 cm³/mol. The molecule has 5 N–H and O–H groups in total. The summed E-state index contributed by atoms with van der Waals surface area (Å²) in [5.74, 6) is 0.143. The number of aliphatic hydroxyl groups is 1. The SMILES string of the molecule is C#Cc1c(F)ccc2cc(O)cc(-c3ncc4c(N5CC6CCC(C5)N6)nc(OC[C@@H]5CCCN5CCCC(=O)N[C@@H](C(=O)N5C[C@@H](O)C[C@@H]5C(=O)NCc5ccc(-c6scnc6C)cc5)C(C)(C)C)nc4c3F)c12. The first-order chi connectivity index (χ1) is 36.0. The summed E-state index contributed by atoms with van der Waals surface area (Å²) in [6.07, 6.45) is 10.8. The van der Waals surface area contributed by atoms with Crippen molar-refractivity contribution < 1.29 is 38.1 Å². The molecule has 2 bridgehead atoms. The lowest BCUT2D eigenvalue weighted by Gasteiger charge is -2.35. The van der Waals surface area contributed by atoms with Gasteiger partial charge in [-0.25, -0.2) is 13.8 Å². The third kappa shape index (κ3) is 10.8. The molecule has 16 nitrogen and oxygen atoms in total. The highest BCUT2D eigenvalue weighted by molar-refractivity contribution is 7.13. The van der Waals surface area contributed by atoms with E-state index < -0.39 is 41.1 Å². The summed E-state index contributed by atoms with van der Waals surface area (Å²) in [4.78, 5) is 66.8. The molecule has 6 atom stereocenters. The number of phenolic OH excluding ortho intramolecular Hbond substituents is 1. The van der Waals surface area contributed by atoms with E-state index in [2.05, 4.69) is 46.6 Å². The first-order valence-corrected chi connectivity index (χ1v) is 26.6. The normalized spacial score (nSPS) is 21.2. The Bertz CT molecular complexity index is 3190. The van der Waals surface area contributed by atoms with Crippen LogP contribution in [0.2, 0.25) is 0 Å². The quantitative estimate of drug-likeness (QED) is 0.0690. The Hall–Kier alpha value is -6.85. The van der Waals surface area contributed by atoms with Crippen molar-refractivity contribution in [3.63, 3.8) is 0 Å². The Labute approximate surface area is 438 Å². The van der Waals surface area contributed by atoms with Gasteiger partial charge in [-0.3, -0.25) is 24.3 Å². The molecule has 4 aliphatic heterocycles. The zero-order valence-corrected chi connectivity index (χ0v) is 43.4. The Morgan fingerprint density at radius 1 is 1.03 bits per heavy atom. The number of nitrogens with one attached hydrogen (secondary N) is 3. The predicted octanol–water partition coefficient (Wildman–Crippen LogP) is 6.62. The van der Waals surface area contributed by atoms with E-state index in [0.29, 0.717) is 42.6 Å². The molecule has 19 heteroatoms. The molecule has 0 spiro atoms. The van der Waals surface area contributed by atoms with Crippen molar-refractivity contribution in [3.8, 4) is 45.8 Å². The fourth-order valence-electron chi connectivity index (χ4n) is 11.2. The number of ether oxygens (including phenoxy) is 1. The molecule has 7 heterocycles. The summed E-state index contributed by atoms with van der Waals surface area (Å²) in [5, 5.41) is 32.0. The number of aromatic hydroxyl groups is 1. The van der Waals surface area contributed by atoms with Crippen molar-refractivity contribution in [2.45, 2.75) is 115 Å². The van der Waals surface area contributed by atoms with Crippen LogP contribution in [0.1, 0.15) is 82.5 Å².